The first kappa shape index (κ1) is 11.2. The van der Waals surface area contributed by atoms with Gasteiger partial charge in [-0.3, -0.25) is 4.79 Å². The maximum atomic E-state index is 11.6. The van der Waals surface area contributed by atoms with Crippen LogP contribution in [0.5, 0.6) is 5.75 Å². The molecule has 2 nitrogen and oxygen atoms in total. The Bertz CT molecular complexity index is 458. The molecule has 1 aliphatic rings. The molecule has 0 N–H and O–H groups in total. The lowest BCUT2D eigenvalue weighted by atomic mass is 9.79. The summed E-state index contributed by atoms with van der Waals surface area (Å²) in [5.41, 5.74) is 3.07. The lowest BCUT2D eigenvalue weighted by Gasteiger charge is -2.23. The van der Waals surface area contributed by atoms with Crippen LogP contribution in [0.4, 0.5) is 0 Å². The van der Waals surface area contributed by atoms with E-state index < -0.39 is 0 Å². The first-order valence-corrected chi connectivity index (χ1v) is 5.67. The fraction of sp³-hybridized carbons (Fsp3) is 0.500. The van der Waals surface area contributed by atoms with E-state index in [0.29, 0.717) is 5.56 Å². The van der Waals surface area contributed by atoms with E-state index in [-0.39, 0.29) is 17.3 Å². The quantitative estimate of drug-likeness (QED) is 0.676. The van der Waals surface area contributed by atoms with Crippen LogP contribution in [0.15, 0.2) is 12.1 Å². The van der Waals surface area contributed by atoms with Gasteiger partial charge in [0.25, 0.3) is 0 Å². The summed E-state index contributed by atoms with van der Waals surface area (Å²) >= 11 is 0. The summed E-state index contributed by atoms with van der Waals surface area (Å²) in [6, 6.07) is 3.88. The van der Waals surface area contributed by atoms with Gasteiger partial charge in [-0.05, 0) is 32.4 Å². The van der Waals surface area contributed by atoms with Crippen molar-refractivity contribution >= 4 is 5.78 Å². The van der Waals surface area contributed by atoms with Gasteiger partial charge in [-0.2, -0.15) is 0 Å². The smallest absolute Gasteiger partial charge is 0.163 e. The van der Waals surface area contributed by atoms with Gasteiger partial charge < -0.3 is 4.74 Å². The highest BCUT2D eigenvalue weighted by Crippen LogP contribution is 2.46. The molecule has 2 rings (SSSR count). The fourth-order valence-corrected chi connectivity index (χ4v) is 2.41. The van der Waals surface area contributed by atoms with E-state index in [1.165, 1.54) is 11.1 Å². The van der Waals surface area contributed by atoms with Gasteiger partial charge in [-0.1, -0.05) is 19.9 Å². The van der Waals surface area contributed by atoms with Crippen molar-refractivity contribution in [3.8, 4) is 5.75 Å². The van der Waals surface area contributed by atoms with Gasteiger partial charge in [0.15, 0.2) is 5.78 Å². The monoisotopic (exact) mass is 218 g/mol. The average molecular weight is 218 g/mol. The number of carbonyl (C=O) groups excluding carboxylic acids is 1. The Morgan fingerprint density at radius 3 is 2.56 bits per heavy atom. The van der Waals surface area contributed by atoms with Crippen LogP contribution in [0.3, 0.4) is 0 Å². The number of aryl methyl sites for hydroxylation is 1. The molecule has 1 unspecified atom stereocenters. The molecule has 0 radical (unpaired) electrons. The van der Waals surface area contributed by atoms with Crippen molar-refractivity contribution < 1.29 is 9.53 Å². The largest absolute Gasteiger partial charge is 0.489 e. The van der Waals surface area contributed by atoms with Crippen molar-refractivity contribution in [1.29, 1.82) is 0 Å². The van der Waals surface area contributed by atoms with E-state index >= 15 is 0 Å². The molecule has 0 fully saturated rings. The number of Topliss-reactive ketones (excluding diaryl/α,β-unsaturated/α-hetero) is 1. The highest BCUT2D eigenvalue weighted by molar-refractivity contribution is 5.97. The van der Waals surface area contributed by atoms with Crippen LogP contribution in [0.1, 0.15) is 49.2 Å². The summed E-state index contributed by atoms with van der Waals surface area (Å²) in [4.78, 5) is 11.6. The minimum Gasteiger partial charge on any atom is -0.489 e. The zero-order valence-corrected chi connectivity index (χ0v) is 10.5. The lowest BCUT2D eigenvalue weighted by molar-refractivity contribution is 0.101. The third-order valence-corrected chi connectivity index (χ3v) is 3.70. The van der Waals surface area contributed by atoms with E-state index in [0.717, 1.165) is 5.75 Å². The lowest BCUT2D eigenvalue weighted by Crippen LogP contribution is -2.29. The Kier molecular flexibility index (Phi) is 2.33. The van der Waals surface area contributed by atoms with Gasteiger partial charge in [-0.25, -0.2) is 0 Å². The molecule has 1 aromatic carbocycles. The van der Waals surface area contributed by atoms with Crippen LogP contribution in [0.2, 0.25) is 0 Å². The minimum atomic E-state index is -0.0229. The Labute approximate surface area is 96.6 Å². The normalized spacial score (nSPS) is 21.4. The van der Waals surface area contributed by atoms with Crippen LogP contribution in [0, 0.1) is 6.92 Å². The number of fused-ring (bicyclic) bond motifs is 1. The second-order valence-electron chi connectivity index (χ2n) is 5.17. The molecular weight excluding hydrogens is 200 g/mol. The van der Waals surface area contributed by atoms with E-state index in [1.807, 2.05) is 12.1 Å². The first-order valence-electron chi connectivity index (χ1n) is 5.67. The standard InChI is InChI=1S/C14H18O2/c1-8-6-7-11(9(2)15)13-12(8)14(4,5)10(3)16-13/h6-7,10H,1-5H3. The summed E-state index contributed by atoms with van der Waals surface area (Å²) in [5, 5.41) is 0. The SMILES string of the molecule is CC(=O)c1ccc(C)c2c1OC(C)C2(C)C. The van der Waals surface area contributed by atoms with Crippen LogP contribution in [-0.2, 0) is 5.41 Å². The number of ether oxygens (including phenoxy) is 1. The van der Waals surface area contributed by atoms with Crippen molar-refractivity contribution in [1.82, 2.24) is 0 Å². The number of carbonyl (C=O) groups is 1. The van der Waals surface area contributed by atoms with Gasteiger partial charge in [0.2, 0.25) is 0 Å². The molecule has 1 atom stereocenters. The van der Waals surface area contributed by atoms with Crippen molar-refractivity contribution in [3.63, 3.8) is 0 Å². The van der Waals surface area contributed by atoms with E-state index in [2.05, 4.69) is 27.7 Å². The maximum absolute atomic E-state index is 11.6. The molecule has 0 saturated carbocycles. The molecule has 2 heteroatoms. The minimum absolute atomic E-state index is 0.0229. The van der Waals surface area contributed by atoms with Crippen LogP contribution in [0.25, 0.3) is 0 Å². The Balaban J connectivity index is 2.72. The maximum Gasteiger partial charge on any atom is 0.163 e. The molecule has 86 valence electrons. The van der Waals surface area contributed by atoms with Gasteiger partial charge in [0.05, 0.1) is 5.56 Å². The molecule has 0 bridgehead atoms. The second-order valence-corrected chi connectivity index (χ2v) is 5.17. The Morgan fingerprint density at radius 2 is 2.00 bits per heavy atom. The molecule has 0 amide bonds. The summed E-state index contributed by atoms with van der Waals surface area (Å²) in [6.07, 6.45) is 0.113. The van der Waals surface area contributed by atoms with E-state index in [1.54, 1.807) is 6.92 Å². The summed E-state index contributed by atoms with van der Waals surface area (Å²) in [5.74, 6) is 0.867. The van der Waals surface area contributed by atoms with Crippen LogP contribution in [-0.4, -0.2) is 11.9 Å². The Hall–Kier alpha value is -1.31. The average Bonchev–Trinajstić information content (AvgIpc) is 2.38. The molecular formula is C14H18O2. The van der Waals surface area contributed by atoms with Gasteiger partial charge in [-0.15, -0.1) is 0 Å². The predicted molar refractivity (Wildman–Crippen MR) is 64.3 cm³/mol. The van der Waals surface area contributed by atoms with Crippen LogP contribution >= 0.6 is 0 Å². The van der Waals surface area contributed by atoms with Gasteiger partial charge in [0, 0.05) is 11.0 Å². The third kappa shape index (κ3) is 1.36. The topological polar surface area (TPSA) is 26.3 Å². The number of rotatable bonds is 1. The molecule has 1 aromatic rings. The van der Waals surface area contributed by atoms with Crippen molar-refractivity contribution in [3.05, 3.63) is 28.8 Å². The number of hydrogen-bond acceptors (Lipinski definition) is 2. The first-order chi connectivity index (χ1) is 7.35. The van der Waals surface area contributed by atoms with Crippen LogP contribution < -0.4 is 4.74 Å². The second kappa shape index (κ2) is 3.34. The molecule has 0 spiro atoms. The molecule has 0 saturated heterocycles. The third-order valence-electron chi connectivity index (χ3n) is 3.70. The van der Waals surface area contributed by atoms with E-state index in [9.17, 15) is 4.79 Å². The molecule has 0 aromatic heterocycles. The zero-order valence-electron chi connectivity index (χ0n) is 10.5. The summed E-state index contributed by atoms with van der Waals surface area (Å²) in [6.45, 7) is 10.1. The number of ketones is 1. The number of hydrogen-bond donors (Lipinski definition) is 0. The van der Waals surface area contributed by atoms with Gasteiger partial charge in [0.1, 0.15) is 11.9 Å². The molecule has 16 heavy (non-hydrogen) atoms. The highest BCUT2D eigenvalue weighted by Gasteiger charge is 2.41. The summed E-state index contributed by atoms with van der Waals surface area (Å²) in [7, 11) is 0. The fourth-order valence-electron chi connectivity index (χ4n) is 2.41. The van der Waals surface area contributed by atoms with Gasteiger partial charge >= 0.3 is 0 Å². The van der Waals surface area contributed by atoms with Crippen molar-refractivity contribution in [2.75, 3.05) is 0 Å². The molecule has 1 heterocycles. The zero-order chi connectivity index (χ0) is 12.1. The van der Waals surface area contributed by atoms with E-state index in [4.69, 9.17) is 4.74 Å². The molecule has 0 aliphatic carbocycles. The predicted octanol–water partition coefficient (Wildman–Crippen LogP) is 3.26. The van der Waals surface area contributed by atoms with Crippen molar-refractivity contribution in [2.24, 2.45) is 0 Å². The Morgan fingerprint density at radius 1 is 1.38 bits per heavy atom. The highest BCUT2D eigenvalue weighted by atomic mass is 16.5. The summed E-state index contributed by atoms with van der Waals surface area (Å²) < 4.78 is 5.87. The van der Waals surface area contributed by atoms with Crippen molar-refractivity contribution in [2.45, 2.75) is 46.1 Å². The molecule has 1 aliphatic heterocycles. The number of benzene rings is 1.